The van der Waals surface area contributed by atoms with Crippen LogP contribution in [-0.2, 0) is 6.54 Å². The number of halogens is 1. The number of aromatic nitrogens is 1. The number of nitrogens with zero attached hydrogens (tertiary/aromatic N) is 2. The molecule has 0 radical (unpaired) electrons. The van der Waals surface area contributed by atoms with E-state index in [9.17, 15) is 9.50 Å². The first kappa shape index (κ1) is 16.5. The highest BCUT2D eigenvalue weighted by atomic mass is 19.1. The standard InChI is InChI=1S/C19H27FN2O/c1-14-15(2)22(19-8-7-16(20)11-18(14)19)13-17(23)12-21-9-5-3-4-6-10-21/h7-8,11,17,23H,3-6,9-10,12-13H2,1-2H3/t17-/m0/s1. The van der Waals surface area contributed by atoms with Crippen LogP contribution >= 0.6 is 0 Å². The monoisotopic (exact) mass is 318 g/mol. The van der Waals surface area contributed by atoms with Crippen molar-refractivity contribution in [1.29, 1.82) is 0 Å². The van der Waals surface area contributed by atoms with Gasteiger partial charge < -0.3 is 14.6 Å². The van der Waals surface area contributed by atoms with E-state index in [0.29, 0.717) is 6.54 Å². The highest BCUT2D eigenvalue weighted by molar-refractivity contribution is 5.85. The van der Waals surface area contributed by atoms with Crippen molar-refractivity contribution in [2.75, 3.05) is 19.6 Å². The van der Waals surface area contributed by atoms with Crippen molar-refractivity contribution in [2.45, 2.75) is 52.2 Å². The van der Waals surface area contributed by atoms with Gasteiger partial charge in [0.05, 0.1) is 12.6 Å². The minimum Gasteiger partial charge on any atom is -0.390 e. The van der Waals surface area contributed by atoms with Crippen LogP contribution in [0.15, 0.2) is 18.2 Å². The first-order valence-electron chi connectivity index (χ1n) is 8.71. The molecule has 1 aliphatic rings. The summed E-state index contributed by atoms with van der Waals surface area (Å²) in [5.74, 6) is -0.206. The summed E-state index contributed by atoms with van der Waals surface area (Å²) in [6.07, 6.45) is 4.68. The Hall–Kier alpha value is -1.39. The molecule has 0 spiro atoms. The Morgan fingerprint density at radius 3 is 2.48 bits per heavy atom. The lowest BCUT2D eigenvalue weighted by Crippen LogP contribution is -2.35. The molecule has 1 N–H and O–H groups in total. The Labute approximate surface area is 137 Å². The van der Waals surface area contributed by atoms with E-state index in [2.05, 4.69) is 9.47 Å². The molecular formula is C19H27FN2O. The molecule has 0 bridgehead atoms. The van der Waals surface area contributed by atoms with Crippen LogP contribution in [0.5, 0.6) is 0 Å². The molecule has 0 aliphatic carbocycles. The number of benzene rings is 1. The Kier molecular flexibility index (Phi) is 5.02. The van der Waals surface area contributed by atoms with E-state index >= 15 is 0 Å². The second-order valence-electron chi connectivity index (χ2n) is 6.85. The molecule has 2 aromatic rings. The molecule has 1 aromatic carbocycles. The molecule has 4 heteroatoms. The van der Waals surface area contributed by atoms with Crippen molar-refractivity contribution in [3.8, 4) is 0 Å². The molecule has 1 aromatic heterocycles. The maximum absolute atomic E-state index is 13.5. The van der Waals surface area contributed by atoms with Gasteiger partial charge in [-0.2, -0.15) is 0 Å². The molecule has 0 saturated carbocycles. The molecular weight excluding hydrogens is 291 g/mol. The van der Waals surface area contributed by atoms with Gasteiger partial charge in [0, 0.05) is 23.1 Å². The summed E-state index contributed by atoms with van der Waals surface area (Å²) in [5.41, 5.74) is 3.22. The third-order valence-corrected chi connectivity index (χ3v) is 5.16. The van der Waals surface area contributed by atoms with Crippen LogP contribution in [0.1, 0.15) is 36.9 Å². The Balaban J connectivity index is 1.76. The third-order valence-electron chi connectivity index (χ3n) is 5.16. The molecule has 0 amide bonds. The number of β-amino-alcohol motifs (C(OH)–C–C–N with tert-alkyl or cyclic N) is 1. The fraction of sp³-hybridized carbons (Fsp3) is 0.579. The molecule has 3 rings (SSSR count). The molecule has 126 valence electrons. The van der Waals surface area contributed by atoms with Crippen molar-refractivity contribution in [1.82, 2.24) is 9.47 Å². The predicted octanol–water partition coefficient (Wildman–Crippen LogP) is 3.63. The molecule has 1 aliphatic heterocycles. The average molecular weight is 318 g/mol. The summed E-state index contributed by atoms with van der Waals surface area (Å²) in [6.45, 7) is 7.54. The van der Waals surface area contributed by atoms with Gasteiger partial charge in [0.25, 0.3) is 0 Å². The second kappa shape index (κ2) is 7.02. The van der Waals surface area contributed by atoms with Crippen LogP contribution in [0.25, 0.3) is 10.9 Å². The summed E-state index contributed by atoms with van der Waals surface area (Å²) in [4.78, 5) is 2.38. The van der Waals surface area contributed by atoms with Crippen LogP contribution in [0.3, 0.4) is 0 Å². The Morgan fingerprint density at radius 2 is 1.78 bits per heavy atom. The van der Waals surface area contributed by atoms with E-state index in [4.69, 9.17) is 0 Å². The van der Waals surface area contributed by atoms with Gasteiger partial charge in [-0.05, 0) is 63.5 Å². The number of aliphatic hydroxyl groups is 1. The topological polar surface area (TPSA) is 28.4 Å². The van der Waals surface area contributed by atoms with Gasteiger partial charge in [0.15, 0.2) is 0 Å². The van der Waals surface area contributed by atoms with Crippen LogP contribution in [0, 0.1) is 19.7 Å². The molecule has 1 atom stereocenters. The highest BCUT2D eigenvalue weighted by Gasteiger charge is 2.17. The molecule has 3 nitrogen and oxygen atoms in total. The third kappa shape index (κ3) is 3.59. The molecule has 2 heterocycles. The van der Waals surface area contributed by atoms with Gasteiger partial charge in [0.1, 0.15) is 5.82 Å². The van der Waals surface area contributed by atoms with Crippen molar-refractivity contribution in [2.24, 2.45) is 0 Å². The molecule has 0 unspecified atom stereocenters. The largest absolute Gasteiger partial charge is 0.390 e. The van der Waals surface area contributed by atoms with E-state index in [-0.39, 0.29) is 5.82 Å². The Bertz CT molecular complexity index is 672. The van der Waals surface area contributed by atoms with E-state index in [1.165, 1.54) is 31.7 Å². The maximum Gasteiger partial charge on any atom is 0.123 e. The average Bonchev–Trinajstić information content (AvgIpc) is 2.73. The first-order valence-corrected chi connectivity index (χ1v) is 8.71. The van der Waals surface area contributed by atoms with Crippen molar-refractivity contribution < 1.29 is 9.50 Å². The zero-order chi connectivity index (χ0) is 16.4. The number of aryl methyl sites for hydroxylation is 1. The lowest BCUT2D eigenvalue weighted by molar-refractivity contribution is 0.100. The molecule has 1 fully saturated rings. The minimum absolute atomic E-state index is 0.206. The lowest BCUT2D eigenvalue weighted by atomic mass is 10.1. The number of hydrogen-bond donors (Lipinski definition) is 1. The van der Waals surface area contributed by atoms with Crippen LogP contribution in [0.4, 0.5) is 4.39 Å². The summed E-state index contributed by atoms with van der Waals surface area (Å²) in [5, 5.41) is 11.5. The van der Waals surface area contributed by atoms with Crippen LogP contribution < -0.4 is 0 Å². The van der Waals surface area contributed by atoms with Gasteiger partial charge in [-0.1, -0.05) is 12.8 Å². The van der Waals surface area contributed by atoms with E-state index in [1.54, 1.807) is 6.07 Å². The number of fused-ring (bicyclic) bond motifs is 1. The number of hydrogen-bond acceptors (Lipinski definition) is 2. The quantitative estimate of drug-likeness (QED) is 0.932. The van der Waals surface area contributed by atoms with Crippen molar-refractivity contribution >= 4 is 10.9 Å². The van der Waals surface area contributed by atoms with Gasteiger partial charge in [-0.3, -0.25) is 0 Å². The van der Waals surface area contributed by atoms with E-state index < -0.39 is 6.10 Å². The highest BCUT2D eigenvalue weighted by Crippen LogP contribution is 2.26. The smallest absolute Gasteiger partial charge is 0.123 e. The van der Waals surface area contributed by atoms with Gasteiger partial charge in [-0.25, -0.2) is 4.39 Å². The molecule has 23 heavy (non-hydrogen) atoms. The summed E-state index contributed by atoms with van der Waals surface area (Å²) >= 11 is 0. The maximum atomic E-state index is 13.5. The number of aliphatic hydroxyl groups excluding tert-OH is 1. The van der Waals surface area contributed by atoms with Crippen molar-refractivity contribution in [3.05, 3.63) is 35.3 Å². The zero-order valence-electron chi connectivity index (χ0n) is 14.2. The van der Waals surface area contributed by atoms with Gasteiger partial charge in [0.2, 0.25) is 0 Å². The fourth-order valence-electron chi connectivity index (χ4n) is 3.74. The van der Waals surface area contributed by atoms with Gasteiger partial charge >= 0.3 is 0 Å². The molecule has 1 saturated heterocycles. The number of rotatable bonds is 4. The lowest BCUT2D eigenvalue weighted by Gasteiger charge is -2.24. The van der Waals surface area contributed by atoms with E-state index in [1.807, 2.05) is 19.9 Å². The SMILES string of the molecule is Cc1c(C)n(C[C@@H](O)CN2CCCCCC2)c2ccc(F)cc12. The van der Waals surface area contributed by atoms with Crippen molar-refractivity contribution in [3.63, 3.8) is 0 Å². The van der Waals surface area contributed by atoms with E-state index in [0.717, 1.165) is 41.8 Å². The second-order valence-corrected chi connectivity index (χ2v) is 6.85. The predicted molar refractivity (Wildman–Crippen MR) is 92.3 cm³/mol. The minimum atomic E-state index is -0.396. The fourth-order valence-corrected chi connectivity index (χ4v) is 3.74. The van der Waals surface area contributed by atoms with Crippen LogP contribution in [-0.4, -0.2) is 40.3 Å². The summed E-state index contributed by atoms with van der Waals surface area (Å²) < 4.78 is 15.6. The first-order chi connectivity index (χ1) is 11.1. The zero-order valence-corrected chi connectivity index (χ0v) is 14.2. The summed E-state index contributed by atoms with van der Waals surface area (Å²) in [7, 11) is 0. The normalized spacial score (nSPS) is 18.3. The van der Waals surface area contributed by atoms with Crippen LogP contribution in [0.2, 0.25) is 0 Å². The summed E-state index contributed by atoms with van der Waals surface area (Å²) in [6, 6.07) is 4.91. The van der Waals surface area contributed by atoms with Gasteiger partial charge in [-0.15, -0.1) is 0 Å². The number of likely N-dealkylation sites (tertiary alicyclic amines) is 1. The Morgan fingerprint density at radius 1 is 1.09 bits per heavy atom.